The second-order valence-corrected chi connectivity index (χ2v) is 6.09. The largest absolute Gasteiger partial charge is 0.478 e. The summed E-state index contributed by atoms with van der Waals surface area (Å²) in [7, 11) is 0. The summed E-state index contributed by atoms with van der Waals surface area (Å²) in [5, 5.41) is 12.2. The van der Waals surface area contributed by atoms with Gasteiger partial charge in [0, 0.05) is 19.6 Å². The number of fused-ring (bicyclic) bond motifs is 1. The van der Waals surface area contributed by atoms with Crippen molar-refractivity contribution in [2.24, 2.45) is 0 Å². The van der Waals surface area contributed by atoms with Gasteiger partial charge in [-0.15, -0.1) is 0 Å². The van der Waals surface area contributed by atoms with E-state index in [0.29, 0.717) is 24.7 Å². The molecular weight excluding hydrogens is 338 g/mol. The van der Waals surface area contributed by atoms with Crippen molar-refractivity contribution in [3.05, 3.63) is 42.2 Å². The number of hydrogen-bond acceptors (Lipinski definition) is 6. The number of aromatic nitrogens is 2. The van der Waals surface area contributed by atoms with Crippen LogP contribution in [0.3, 0.4) is 0 Å². The van der Waals surface area contributed by atoms with Crippen molar-refractivity contribution in [2.45, 2.75) is 6.04 Å². The van der Waals surface area contributed by atoms with Crippen LogP contribution in [0.1, 0.15) is 10.4 Å². The standard InChI is InChI=1S/C17H17N5O4/c23-16(24)11-1-3-13(4-2-11)26-15-9-19-14(8-20-15)22-10-12-7-18-5-6-21(12)17(22)25/h1-4,8-9,12,18H,5-7,10H2,(H,23,24)/t12-/m0/s1. The molecule has 134 valence electrons. The Morgan fingerprint density at radius 1 is 1.23 bits per heavy atom. The maximum Gasteiger partial charge on any atom is 0.335 e. The minimum absolute atomic E-state index is 0.0521. The van der Waals surface area contributed by atoms with Gasteiger partial charge >= 0.3 is 12.0 Å². The van der Waals surface area contributed by atoms with Gasteiger partial charge in [-0.25, -0.2) is 19.6 Å². The third-order valence-electron chi connectivity index (χ3n) is 4.43. The van der Waals surface area contributed by atoms with Crippen LogP contribution in [-0.4, -0.2) is 64.2 Å². The van der Waals surface area contributed by atoms with Crippen LogP contribution in [0.2, 0.25) is 0 Å². The van der Waals surface area contributed by atoms with Crippen LogP contribution in [-0.2, 0) is 0 Å². The molecule has 2 N–H and O–H groups in total. The van der Waals surface area contributed by atoms with Crippen molar-refractivity contribution in [2.75, 3.05) is 31.1 Å². The highest BCUT2D eigenvalue weighted by Crippen LogP contribution is 2.25. The predicted octanol–water partition coefficient (Wildman–Crippen LogP) is 1.18. The van der Waals surface area contributed by atoms with Crippen molar-refractivity contribution in [1.82, 2.24) is 20.2 Å². The molecule has 3 heterocycles. The summed E-state index contributed by atoms with van der Waals surface area (Å²) in [5.74, 6) is 0.209. The fraction of sp³-hybridized carbons (Fsp3) is 0.294. The Labute approximate surface area is 149 Å². The molecule has 2 aliphatic rings. The van der Waals surface area contributed by atoms with Gasteiger partial charge in [-0.1, -0.05) is 0 Å². The zero-order valence-electron chi connectivity index (χ0n) is 13.8. The van der Waals surface area contributed by atoms with Crippen LogP contribution in [0, 0.1) is 0 Å². The maximum atomic E-state index is 12.5. The molecule has 2 saturated heterocycles. The maximum absolute atomic E-state index is 12.5. The molecule has 26 heavy (non-hydrogen) atoms. The summed E-state index contributed by atoms with van der Waals surface area (Å²) in [6.07, 6.45) is 2.95. The van der Waals surface area contributed by atoms with E-state index in [1.165, 1.54) is 24.5 Å². The molecule has 9 nitrogen and oxygen atoms in total. The Hall–Kier alpha value is -3.20. The quantitative estimate of drug-likeness (QED) is 0.848. The van der Waals surface area contributed by atoms with E-state index in [1.54, 1.807) is 17.0 Å². The smallest absolute Gasteiger partial charge is 0.335 e. The second kappa shape index (κ2) is 6.60. The first-order valence-corrected chi connectivity index (χ1v) is 8.24. The number of amides is 2. The van der Waals surface area contributed by atoms with Gasteiger partial charge < -0.3 is 20.1 Å². The Morgan fingerprint density at radius 3 is 2.69 bits per heavy atom. The van der Waals surface area contributed by atoms with Crippen LogP contribution in [0.5, 0.6) is 11.6 Å². The molecule has 0 spiro atoms. The van der Waals surface area contributed by atoms with E-state index in [9.17, 15) is 9.59 Å². The van der Waals surface area contributed by atoms with Gasteiger partial charge in [0.1, 0.15) is 5.75 Å². The molecular formula is C17H17N5O4. The van der Waals surface area contributed by atoms with Crippen molar-refractivity contribution < 1.29 is 19.4 Å². The number of nitrogens with one attached hydrogen (secondary N) is 1. The fourth-order valence-electron chi connectivity index (χ4n) is 3.10. The lowest BCUT2D eigenvalue weighted by atomic mass is 10.2. The molecule has 2 fully saturated rings. The molecule has 1 aromatic heterocycles. The SMILES string of the molecule is O=C(O)c1ccc(Oc2cnc(N3C[C@@H]4CNCCN4C3=O)cn2)cc1. The highest BCUT2D eigenvalue weighted by molar-refractivity contribution is 5.93. The van der Waals surface area contributed by atoms with Crippen molar-refractivity contribution in [1.29, 1.82) is 0 Å². The van der Waals surface area contributed by atoms with Crippen LogP contribution < -0.4 is 15.0 Å². The number of ether oxygens (including phenoxy) is 1. The number of rotatable bonds is 4. The number of aromatic carboxylic acids is 1. The Kier molecular flexibility index (Phi) is 4.13. The number of carbonyl (C=O) groups is 2. The van der Waals surface area contributed by atoms with Gasteiger partial charge in [0.2, 0.25) is 5.88 Å². The van der Waals surface area contributed by atoms with E-state index in [0.717, 1.165) is 13.1 Å². The first kappa shape index (κ1) is 16.3. The van der Waals surface area contributed by atoms with Gasteiger partial charge in [0.05, 0.1) is 30.5 Å². The first-order valence-electron chi connectivity index (χ1n) is 8.24. The van der Waals surface area contributed by atoms with Gasteiger partial charge in [0.15, 0.2) is 5.82 Å². The topological polar surface area (TPSA) is 108 Å². The number of benzene rings is 1. The van der Waals surface area contributed by atoms with E-state index in [-0.39, 0.29) is 23.5 Å². The average Bonchev–Trinajstić information content (AvgIpc) is 3.00. The summed E-state index contributed by atoms with van der Waals surface area (Å²) in [6, 6.07) is 6.10. The predicted molar refractivity (Wildman–Crippen MR) is 91.6 cm³/mol. The number of carboxylic acids is 1. The van der Waals surface area contributed by atoms with E-state index >= 15 is 0 Å². The van der Waals surface area contributed by atoms with E-state index in [4.69, 9.17) is 9.84 Å². The minimum Gasteiger partial charge on any atom is -0.478 e. The van der Waals surface area contributed by atoms with Gasteiger partial charge in [-0.3, -0.25) is 4.90 Å². The Morgan fingerprint density at radius 2 is 2.04 bits per heavy atom. The number of anilines is 1. The Balaban J connectivity index is 1.45. The first-order chi connectivity index (χ1) is 12.6. The summed E-state index contributed by atoms with van der Waals surface area (Å²) >= 11 is 0. The summed E-state index contributed by atoms with van der Waals surface area (Å²) in [6.45, 7) is 2.86. The number of carbonyl (C=O) groups excluding carboxylic acids is 1. The van der Waals surface area contributed by atoms with Crippen molar-refractivity contribution in [3.8, 4) is 11.6 Å². The molecule has 2 aliphatic heterocycles. The Bertz CT molecular complexity index is 824. The molecule has 9 heteroatoms. The van der Waals surface area contributed by atoms with Crippen LogP contribution in [0.4, 0.5) is 10.6 Å². The molecule has 2 amide bonds. The number of hydrogen-bond donors (Lipinski definition) is 2. The number of piperazine rings is 1. The summed E-state index contributed by atoms with van der Waals surface area (Å²) in [5.41, 5.74) is 0.178. The fourth-order valence-corrected chi connectivity index (χ4v) is 3.10. The lowest BCUT2D eigenvalue weighted by molar-refractivity contribution is 0.0697. The molecule has 0 unspecified atom stereocenters. The van der Waals surface area contributed by atoms with E-state index in [2.05, 4.69) is 15.3 Å². The molecule has 0 saturated carbocycles. The third-order valence-corrected chi connectivity index (χ3v) is 4.43. The van der Waals surface area contributed by atoms with Crippen LogP contribution in [0.15, 0.2) is 36.7 Å². The summed E-state index contributed by atoms with van der Waals surface area (Å²) in [4.78, 5) is 35.3. The minimum atomic E-state index is -0.998. The van der Waals surface area contributed by atoms with E-state index in [1.807, 2.05) is 4.90 Å². The highest BCUT2D eigenvalue weighted by atomic mass is 16.5. The number of carboxylic acid groups (broad SMARTS) is 1. The van der Waals surface area contributed by atoms with Crippen molar-refractivity contribution in [3.63, 3.8) is 0 Å². The van der Waals surface area contributed by atoms with Crippen LogP contribution in [0.25, 0.3) is 0 Å². The molecule has 1 aromatic carbocycles. The molecule has 2 aromatic rings. The van der Waals surface area contributed by atoms with Crippen molar-refractivity contribution >= 4 is 17.8 Å². The average molecular weight is 355 g/mol. The number of urea groups is 1. The van der Waals surface area contributed by atoms with Gasteiger partial charge in [-0.05, 0) is 24.3 Å². The highest BCUT2D eigenvalue weighted by Gasteiger charge is 2.39. The zero-order chi connectivity index (χ0) is 18.1. The monoisotopic (exact) mass is 355 g/mol. The van der Waals surface area contributed by atoms with Crippen LogP contribution >= 0.6 is 0 Å². The lowest BCUT2D eigenvalue weighted by Gasteiger charge is -2.28. The molecule has 4 rings (SSSR count). The number of nitrogens with zero attached hydrogens (tertiary/aromatic N) is 4. The normalized spacial score (nSPS) is 19.4. The molecule has 0 bridgehead atoms. The molecule has 1 atom stereocenters. The van der Waals surface area contributed by atoms with Gasteiger partial charge in [0.25, 0.3) is 0 Å². The molecule has 0 radical (unpaired) electrons. The summed E-state index contributed by atoms with van der Waals surface area (Å²) < 4.78 is 5.56. The second-order valence-electron chi connectivity index (χ2n) is 6.09. The third kappa shape index (κ3) is 3.04. The molecule has 0 aliphatic carbocycles. The van der Waals surface area contributed by atoms with E-state index < -0.39 is 5.97 Å². The lowest BCUT2D eigenvalue weighted by Crippen LogP contribution is -2.49. The zero-order valence-corrected chi connectivity index (χ0v) is 13.8. The van der Waals surface area contributed by atoms with Gasteiger partial charge in [-0.2, -0.15) is 0 Å².